The van der Waals surface area contributed by atoms with Crippen LogP contribution in [0, 0.1) is 6.92 Å². The zero-order valence-corrected chi connectivity index (χ0v) is 12.1. The molecule has 0 aliphatic carbocycles. The highest BCUT2D eigenvalue weighted by molar-refractivity contribution is 7.99. The summed E-state index contributed by atoms with van der Waals surface area (Å²) in [6.45, 7) is 6.74. The molecule has 1 nitrogen and oxygen atoms in total. The fourth-order valence-electron chi connectivity index (χ4n) is 2.35. The van der Waals surface area contributed by atoms with Crippen LogP contribution in [0.3, 0.4) is 0 Å². The van der Waals surface area contributed by atoms with Crippen molar-refractivity contribution >= 4 is 11.8 Å². The van der Waals surface area contributed by atoms with Gasteiger partial charge in [0.2, 0.25) is 0 Å². The molecule has 19 heavy (non-hydrogen) atoms. The molecule has 1 heterocycles. The first-order chi connectivity index (χ1) is 8.85. The minimum absolute atomic E-state index is 0.143. The molecular weight excluding hydrogens is 264 g/mol. The third-order valence-electron chi connectivity index (χ3n) is 3.23. The molecule has 0 bridgehead atoms. The number of benzene rings is 1. The minimum Gasteiger partial charge on any atom is -0.377 e. The van der Waals surface area contributed by atoms with Gasteiger partial charge in [-0.3, -0.25) is 0 Å². The number of allylic oxidation sites excluding steroid dienone is 1. The zero-order valence-electron chi connectivity index (χ0n) is 11.3. The maximum atomic E-state index is 12.9. The Labute approximate surface area is 117 Å². The predicted molar refractivity (Wildman–Crippen MR) is 77.5 cm³/mol. The first-order valence-electron chi connectivity index (χ1n) is 6.36. The molecule has 0 saturated heterocycles. The zero-order chi connectivity index (χ0) is 14.0. The van der Waals surface area contributed by atoms with Crippen molar-refractivity contribution in [1.82, 2.24) is 5.32 Å². The van der Waals surface area contributed by atoms with Crippen molar-refractivity contribution in [2.45, 2.75) is 43.7 Å². The monoisotopic (exact) mass is 283 g/mol. The molecule has 0 amide bonds. The van der Waals surface area contributed by atoms with Crippen molar-refractivity contribution in [3.63, 3.8) is 0 Å². The topological polar surface area (TPSA) is 12.0 Å². The number of alkyl halides is 2. The Balaban J connectivity index is 1.97. The van der Waals surface area contributed by atoms with Gasteiger partial charge in [0, 0.05) is 17.9 Å². The Morgan fingerprint density at radius 1 is 1.53 bits per heavy atom. The van der Waals surface area contributed by atoms with Crippen molar-refractivity contribution in [2.75, 3.05) is 0 Å². The van der Waals surface area contributed by atoms with Crippen LogP contribution in [0.5, 0.6) is 0 Å². The van der Waals surface area contributed by atoms with Gasteiger partial charge in [-0.15, -0.1) is 11.8 Å². The Morgan fingerprint density at radius 3 is 2.95 bits per heavy atom. The molecule has 104 valence electrons. The van der Waals surface area contributed by atoms with Crippen molar-refractivity contribution in [3.05, 3.63) is 47.2 Å². The molecule has 0 spiro atoms. The average molecular weight is 283 g/mol. The SMILES string of the molecule is C=C(CC(C)(F)F)NC1Cc2cccc(C)c2CS1. The summed E-state index contributed by atoms with van der Waals surface area (Å²) in [7, 11) is 0. The summed E-state index contributed by atoms with van der Waals surface area (Å²) < 4.78 is 25.8. The van der Waals surface area contributed by atoms with Crippen molar-refractivity contribution < 1.29 is 8.78 Å². The van der Waals surface area contributed by atoms with Gasteiger partial charge in [0.25, 0.3) is 5.92 Å². The van der Waals surface area contributed by atoms with Crippen molar-refractivity contribution in [1.29, 1.82) is 0 Å². The second-order valence-corrected chi connectivity index (χ2v) is 6.40. The molecule has 4 heteroatoms. The summed E-state index contributed by atoms with van der Waals surface area (Å²) in [5, 5.41) is 3.27. The van der Waals surface area contributed by atoms with Crippen LogP contribution in [0.1, 0.15) is 30.0 Å². The molecule has 0 saturated carbocycles. The van der Waals surface area contributed by atoms with E-state index < -0.39 is 5.92 Å². The quantitative estimate of drug-likeness (QED) is 0.886. The molecule has 0 fully saturated rings. The second kappa shape index (κ2) is 5.53. The Hall–Kier alpha value is -1.03. The van der Waals surface area contributed by atoms with Crippen LogP contribution < -0.4 is 5.32 Å². The number of aryl methyl sites for hydroxylation is 1. The average Bonchev–Trinajstić information content (AvgIpc) is 2.26. The van der Waals surface area contributed by atoms with Gasteiger partial charge in [0.15, 0.2) is 0 Å². The molecule has 2 rings (SSSR count). The summed E-state index contributed by atoms with van der Waals surface area (Å²) in [6, 6.07) is 6.29. The van der Waals surface area contributed by atoms with Crippen LogP contribution in [0.25, 0.3) is 0 Å². The van der Waals surface area contributed by atoms with Gasteiger partial charge in [-0.05, 0) is 30.5 Å². The van der Waals surface area contributed by atoms with Gasteiger partial charge >= 0.3 is 0 Å². The number of nitrogens with one attached hydrogen (secondary N) is 1. The Bertz CT molecular complexity index is 480. The van der Waals surface area contributed by atoms with Crippen LogP contribution in [0.4, 0.5) is 8.78 Å². The maximum Gasteiger partial charge on any atom is 0.250 e. The lowest BCUT2D eigenvalue weighted by Gasteiger charge is -2.28. The van der Waals surface area contributed by atoms with Crippen molar-refractivity contribution in [3.8, 4) is 0 Å². The highest BCUT2D eigenvalue weighted by Crippen LogP contribution is 2.32. The number of fused-ring (bicyclic) bond motifs is 1. The molecule has 1 aliphatic heterocycles. The standard InChI is InChI=1S/C15H19F2NS/c1-10-5-4-6-12-7-14(19-9-13(10)12)18-11(2)8-15(3,16)17/h4-6,14,18H,2,7-9H2,1,3H3. The number of thioether (sulfide) groups is 1. The molecule has 1 N–H and O–H groups in total. The lowest BCUT2D eigenvalue weighted by molar-refractivity contribution is 0.0211. The van der Waals surface area contributed by atoms with E-state index in [1.54, 1.807) is 11.8 Å². The van der Waals surface area contributed by atoms with Gasteiger partial charge < -0.3 is 5.32 Å². The smallest absolute Gasteiger partial charge is 0.250 e. The van der Waals surface area contributed by atoms with E-state index in [1.807, 2.05) is 0 Å². The van der Waals surface area contributed by atoms with E-state index in [4.69, 9.17) is 0 Å². The van der Waals surface area contributed by atoms with Crippen LogP contribution in [0.2, 0.25) is 0 Å². The maximum absolute atomic E-state index is 12.9. The largest absolute Gasteiger partial charge is 0.377 e. The van der Waals surface area contributed by atoms with Crippen LogP contribution >= 0.6 is 11.8 Å². The third kappa shape index (κ3) is 3.96. The first kappa shape index (κ1) is 14.4. The molecule has 1 unspecified atom stereocenters. The van der Waals surface area contributed by atoms with Gasteiger partial charge in [-0.1, -0.05) is 24.8 Å². The van der Waals surface area contributed by atoms with E-state index in [-0.39, 0.29) is 11.8 Å². The predicted octanol–water partition coefficient (Wildman–Crippen LogP) is 4.26. The normalized spacial score (nSPS) is 18.8. The van der Waals surface area contributed by atoms with Crippen LogP contribution in [-0.2, 0) is 12.2 Å². The molecule has 0 aromatic heterocycles. The Morgan fingerprint density at radius 2 is 2.26 bits per heavy atom. The van der Waals surface area contributed by atoms with Gasteiger partial charge in [-0.2, -0.15) is 0 Å². The summed E-state index contributed by atoms with van der Waals surface area (Å²) >= 11 is 1.76. The number of hydrogen-bond donors (Lipinski definition) is 1. The minimum atomic E-state index is -2.70. The third-order valence-corrected chi connectivity index (χ3v) is 4.37. The van der Waals surface area contributed by atoms with E-state index in [2.05, 4.69) is 37.0 Å². The molecular formula is C15H19F2NS. The van der Waals surface area contributed by atoms with Crippen LogP contribution in [0.15, 0.2) is 30.5 Å². The lowest BCUT2D eigenvalue weighted by atomic mass is 10.0. The van der Waals surface area contributed by atoms with E-state index in [0.29, 0.717) is 5.70 Å². The molecule has 1 aromatic carbocycles. The first-order valence-corrected chi connectivity index (χ1v) is 7.41. The number of rotatable bonds is 4. The second-order valence-electron chi connectivity index (χ2n) is 5.21. The molecule has 1 atom stereocenters. The molecule has 1 aliphatic rings. The summed E-state index contributed by atoms with van der Waals surface area (Å²) in [4.78, 5) is 0. The van der Waals surface area contributed by atoms with Crippen molar-refractivity contribution in [2.24, 2.45) is 0 Å². The van der Waals surface area contributed by atoms with Gasteiger partial charge in [0.1, 0.15) is 0 Å². The summed E-state index contributed by atoms with van der Waals surface area (Å²) in [5.41, 5.74) is 4.42. The summed E-state index contributed by atoms with van der Waals surface area (Å²) in [5.74, 6) is -1.77. The lowest BCUT2D eigenvalue weighted by Crippen LogP contribution is -2.32. The van der Waals surface area contributed by atoms with Gasteiger partial charge in [0.05, 0.1) is 11.8 Å². The van der Waals surface area contributed by atoms with E-state index in [9.17, 15) is 8.78 Å². The van der Waals surface area contributed by atoms with E-state index in [0.717, 1.165) is 19.1 Å². The highest BCUT2D eigenvalue weighted by atomic mass is 32.2. The van der Waals surface area contributed by atoms with E-state index >= 15 is 0 Å². The van der Waals surface area contributed by atoms with Gasteiger partial charge in [-0.25, -0.2) is 8.78 Å². The van der Waals surface area contributed by atoms with Crippen LogP contribution in [-0.4, -0.2) is 11.3 Å². The molecule has 1 aromatic rings. The fourth-order valence-corrected chi connectivity index (χ4v) is 3.68. The Kier molecular flexibility index (Phi) is 4.19. The van der Waals surface area contributed by atoms with E-state index in [1.165, 1.54) is 16.7 Å². The summed E-state index contributed by atoms with van der Waals surface area (Å²) in [6.07, 6.45) is 0.556. The molecule has 0 radical (unpaired) electrons. The fraction of sp³-hybridized carbons (Fsp3) is 0.467. The highest BCUT2D eigenvalue weighted by Gasteiger charge is 2.25. The number of hydrogen-bond acceptors (Lipinski definition) is 2. The number of halogens is 2.